The number of carbonyl (C=O) groups is 1. The summed E-state index contributed by atoms with van der Waals surface area (Å²) in [5.74, 6) is -0.533. The Morgan fingerprint density at radius 1 is 1.14 bits per heavy atom. The molecular formula is C17H14FN3O. The van der Waals surface area contributed by atoms with Crippen LogP contribution in [-0.2, 0) is 11.2 Å². The number of hydrogen-bond acceptors (Lipinski definition) is 2. The van der Waals surface area contributed by atoms with Gasteiger partial charge in [-0.25, -0.2) is 9.07 Å². The van der Waals surface area contributed by atoms with Gasteiger partial charge in [-0.15, -0.1) is 0 Å². The van der Waals surface area contributed by atoms with Crippen molar-refractivity contribution in [2.24, 2.45) is 0 Å². The zero-order chi connectivity index (χ0) is 15.4. The quantitative estimate of drug-likeness (QED) is 0.803. The molecule has 1 aromatic heterocycles. The Morgan fingerprint density at radius 2 is 2.00 bits per heavy atom. The van der Waals surface area contributed by atoms with Gasteiger partial charge in [0.2, 0.25) is 5.91 Å². The first-order valence-electron chi connectivity index (χ1n) is 6.85. The van der Waals surface area contributed by atoms with Gasteiger partial charge >= 0.3 is 0 Å². The number of anilines is 1. The van der Waals surface area contributed by atoms with E-state index in [0.29, 0.717) is 11.3 Å². The van der Waals surface area contributed by atoms with Crippen molar-refractivity contribution in [2.75, 3.05) is 5.32 Å². The lowest BCUT2D eigenvalue weighted by molar-refractivity contribution is -0.115. The summed E-state index contributed by atoms with van der Waals surface area (Å²) in [6.45, 7) is 0. The minimum atomic E-state index is -0.342. The Kier molecular flexibility index (Phi) is 3.96. The van der Waals surface area contributed by atoms with Crippen LogP contribution in [0.1, 0.15) is 5.56 Å². The number of halogens is 1. The van der Waals surface area contributed by atoms with Crippen molar-refractivity contribution in [3.63, 3.8) is 0 Å². The Bertz CT molecular complexity index is 784. The summed E-state index contributed by atoms with van der Waals surface area (Å²) < 4.78 is 14.8. The van der Waals surface area contributed by atoms with Gasteiger partial charge < -0.3 is 5.32 Å². The highest BCUT2D eigenvalue weighted by atomic mass is 19.1. The topological polar surface area (TPSA) is 46.9 Å². The van der Waals surface area contributed by atoms with E-state index in [4.69, 9.17) is 0 Å². The van der Waals surface area contributed by atoms with E-state index in [1.807, 2.05) is 30.5 Å². The molecule has 4 nitrogen and oxygen atoms in total. The maximum absolute atomic E-state index is 13.1. The molecule has 2 aromatic carbocycles. The molecule has 1 heterocycles. The van der Waals surface area contributed by atoms with Crippen LogP contribution >= 0.6 is 0 Å². The fourth-order valence-corrected chi connectivity index (χ4v) is 2.19. The van der Waals surface area contributed by atoms with Gasteiger partial charge in [0, 0.05) is 18.1 Å². The van der Waals surface area contributed by atoms with E-state index in [9.17, 15) is 9.18 Å². The highest BCUT2D eigenvalue weighted by Crippen LogP contribution is 2.14. The summed E-state index contributed by atoms with van der Waals surface area (Å²) >= 11 is 0. The second kappa shape index (κ2) is 6.22. The molecule has 0 aliphatic heterocycles. The molecule has 0 radical (unpaired) electrons. The molecule has 1 N–H and O–H groups in total. The van der Waals surface area contributed by atoms with Crippen LogP contribution < -0.4 is 5.32 Å². The van der Waals surface area contributed by atoms with Crippen molar-refractivity contribution in [1.82, 2.24) is 9.78 Å². The molecule has 5 heteroatoms. The SMILES string of the molecule is O=C(Cc1cccc(F)c1)Nc1cccc(-n2cccn2)c1. The van der Waals surface area contributed by atoms with Crippen LogP contribution in [-0.4, -0.2) is 15.7 Å². The van der Waals surface area contributed by atoms with Crippen LogP contribution in [0.5, 0.6) is 0 Å². The predicted octanol–water partition coefficient (Wildman–Crippen LogP) is 3.19. The summed E-state index contributed by atoms with van der Waals surface area (Å²) in [5.41, 5.74) is 2.17. The molecule has 1 amide bonds. The first kappa shape index (κ1) is 14.0. The number of benzene rings is 2. The molecule has 0 aliphatic carbocycles. The van der Waals surface area contributed by atoms with E-state index in [1.165, 1.54) is 12.1 Å². The van der Waals surface area contributed by atoms with E-state index < -0.39 is 0 Å². The van der Waals surface area contributed by atoms with E-state index >= 15 is 0 Å². The van der Waals surface area contributed by atoms with Gasteiger partial charge in [0.1, 0.15) is 5.82 Å². The third-order valence-corrected chi connectivity index (χ3v) is 3.15. The van der Waals surface area contributed by atoms with Crippen LogP contribution in [0.4, 0.5) is 10.1 Å². The molecule has 0 spiro atoms. The van der Waals surface area contributed by atoms with E-state index in [0.717, 1.165) is 5.69 Å². The molecular weight excluding hydrogens is 281 g/mol. The molecule has 22 heavy (non-hydrogen) atoms. The van der Waals surface area contributed by atoms with Crippen molar-refractivity contribution in [2.45, 2.75) is 6.42 Å². The molecule has 0 aliphatic rings. The summed E-state index contributed by atoms with van der Waals surface area (Å²) in [6.07, 6.45) is 3.65. The summed E-state index contributed by atoms with van der Waals surface area (Å²) in [4.78, 5) is 12.0. The van der Waals surface area contributed by atoms with Crippen molar-refractivity contribution in [3.05, 3.63) is 78.4 Å². The lowest BCUT2D eigenvalue weighted by Gasteiger charge is -2.08. The standard InChI is InChI=1S/C17H14FN3O/c18-14-5-1-4-13(10-14)11-17(22)20-15-6-2-7-16(12-15)21-9-3-8-19-21/h1-10,12H,11H2,(H,20,22). The first-order valence-corrected chi connectivity index (χ1v) is 6.85. The number of amides is 1. The number of rotatable bonds is 4. The molecule has 3 rings (SSSR count). The Hall–Kier alpha value is -2.95. The third-order valence-electron chi connectivity index (χ3n) is 3.15. The average Bonchev–Trinajstić information content (AvgIpc) is 3.01. The first-order chi connectivity index (χ1) is 10.7. The van der Waals surface area contributed by atoms with Crippen molar-refractivity contribution in [3.8, 4) is 5.69 Å². The smallest absolute Gasteiger partial charge is 0.228 e. The molecule has 0 fully saturated rings. The summed E-state index contributed by atoms with van der Waals surface area (Å²) in [5, 5.41) is 6.96. The van der Waals surface area contributed by atoms with E-state index in [-0.39, 0.29) is 18.1 Å². The van der Waals surface area contributed by atoms with Gasteiger partial charge in [-0.1, -0.05) is 18.2 Å². The fraction of sp³-hybridized carbons (Fsp3) is 0.0588. The number of carbonyl (C=O) groups excluding carboxylic acids is 1. The van der Waals surface area contributed by atoms with Crippen molar-refractivity contribution < 1.29 is 9.18 Å². The normalized spacial score (nSPS) is 10.4. The van der Waals surface area contributed by atoms with Gasteiger partial charge in [0.15, 0.2) is 0 Å². The second-order valence-electron chi connectivity index (χ2n) is 4.86. The Labute approximate surface area is 127 Å². The van der Waals surface area contributed by atoms with Gasteiger partial charge in [-0.2, -0.15) is 5.10 Å². The molecule has 110 valence electrons. The third kappa shape index (κ3) is 3.38. The van der Waals surface area contributed by atoms with Gasteiger partial charge in [-0.05, 0) is 42.0 Å². The molecule has 3 aromatic rings. The molecule has 0 atom stereocenters. The lowest BCUT2D eigenvalue weighted by atomic mass is 10.1. The maximum Gasteiger partial charge on any atom is 0.228 e. The maximum atomic E-state index is 13.1. The van der Waals surface area contributed by atoms with Crippen LogP contribution in [0.3, 0.4) is 0 Å². The van der Waals surface area contributed by atoms with Gasteiger partial charge in [0.25, 0.3) is 0 Å². The Balaban J connectivity index is 1.70. The zero-order valence-corrected chi connectivity index (χ0v) is 11.7. The summed E-state index contributed by atoms with van der Waals surface area (Å²) in [7, 11) is 0. The number of nitrogens with zero attached hydrogens (tertiary/aromatic N) is 2. The number of nitrogens with one attached hydrogen (secondary N) is 1. The van der Waals surface area contributed by atoms with Crippen LogP contribution in [0.2, 0.25) is 0 Å². The number of aromatic nitrogens is 2. The van der Waals surface area contributed by atoms with Crippen LogP contribution in [0.25, 0.3) is 5.69 Å². The largest absolute Gasteiger partial charge is 0.326 e. The van der Waals surface area contributed by atoms with Gasteiger partial charge in [0.05, 0.1) is 12.1 Å². The van der Waals surface area contributed by atoms with Crippen LogP contribution in [0, 0.1) is 5.82 Å². The highest BCUT2D eigenvalue weighted by molar-refractivity contribution is 5.92. The van der Waals surface area contributed by atoms with Crippen molar-refractivity contribution >= 4 is 11.6 Å². The zero-order valence-electron chi connectivity index (χ0n) is 11.7. The molecule has 0 saturated carbocycles. The number of hydrogen-bond donors (Lipinski definition) is 1. The molecule has 0 unspecified atom stereocenters. The van der Waals surface area contributed by atoms with E-state index in [2.05, 4.69) is 10.4 Å². The van der Waals surface area contributed by atoms with E-state index in [1.54, 1.807) is 29.1 Å². The predicted molar refractivity (Wildman–Crippen MR) is 82.3 cm³/mol. The molecule has 0 saturated heterocycles. The van der Waals surface area contributed by atoms with Crippen LogP contribution in [0.15, 0.2) is 67.0 Å². The second-order valence-corrected chi connectivity index (χ2v) is 4.86. The minimum absolute atomic E-state index is 0.129. The minimum Gasteiger partial charge on any atom is -0.326 e. The lowest BCUT2D eigenvalue weighted by Crippen LogP contribution is -2.14. The monoisotopic (exact) mass is 295 g/mol. The Morgan fingerprint density at radius 3 is 2.77 bits per heavy atom. The molecule has 0 bridgehead atoms. The highest BCUT2D eigenvalue weighted by Gasteiger charge is 2.06. The van der Waals surface area contributed by atoms with Crippen molar-refractivity contribution in [1.29, 1.82) is 0 Å². The van der Waals surface area contributed by atoms with Gasteiger partial charge in [-0.3, -0.25) is 4.79 Å². The average molecular weight is 295 g/mol. The fourth-order valence-electron chi connectivity index (χ4n) is 2.19. The summed E-state index contributed by atoms with van der Waals surface area (Å²) in [6, 6.07) is 15.2.